The highest BCUT2D eigenvalue weighted by Crippen LogP contribution is 2.28. The van der Waals surface area contributed by atoms with Crippen molar-refractivity contribution in [3.63, 3.8) is 0 Å². The van der Waals surface area contributed by atoms with Gasteiger partial charge in [-0.25, -0.2) is 4.79 Å². The van der Waals surface area contributed by atoms with E-state index in [2.05, 4.69) is 13.8 Å². The molecular weight excluding hydrogens is 282 g/mol. The first-order chi connectivity index (χ1) is 10.5. The standard InChI is InChI=1S/C17H23NO4/c1-3-12(2)13-7-4-5-9-15(13)22-11-16(19)18-10-6-8-14(18)17(20)21/h4-5,7,9,12,14H,3,6,8,10-11H2,1-2H3,(H,20,21). The van der Waals surface area contributed by atoms with Gasteiger partial charge < -0.3 is 14.7 Å². The average Bonchev–Trinajstić information content (AvgIpc) is 3.02. The predicted molar refractivity (Wildman–Crippen MR) is 83.0 cm³/mol. The van der Waals surface area contributed by atoms with Crippen LogP contribution in [-0.2, 0) is 9.59 Å². The molecule has 2 rings (SSSR count). The Morgan fingerprint density at radius 2 is 2.14 bits per heavy atom. The zero-order valence-electron chi connectivity index (χ0n) is 13.1. The molecule has 5 nitrogen and oxygen atoms in total. The number of benzene rings is 1. The minimum Gasteiger partial charge on any atom is -0.483 e. The average molecular weight is 305 g/mol. The van der Waals surface area contributed by atoms with Crippen molar-refractivity contribution in [2.75, 3.05) is 13.2 Å². The molecule has 22 heavy (non-hydrogen) atoms. The van der Waals surface area contributed by atoms with Gasteiger partial charge in [-0.2, -0.15) is 0 Å². The molecule has 0 spiro atoms. The highest BCUT2D eigenvalue weighted by atomic mass is 16.5. The number of carbonyl (C=O) groups is 2. The maximum absolute atomic E-state index is 12.2. The van der Waals surface area contributed by atoms with Gasteiger partial charge in [-0.1, -0.05) is 32.0 Å². The fourth-order valence-corrected chi connectivity index (χ4v) is 2.78. The van der Waals surface area contributed by atoms with Crippen molar-refractivity contribution in [2.24, 2.45) is 0 Å². The van der Waals surface area contributed by atoms with Crippen LogP contribution in [0.25, 0.3) is 0 Å². The Balaban J connectivity index is 2.01. The van der Waals surface area contributed by atoms with Gasteiger partial charge in [0, 0.05) is 6.54 Å². The highest BCUT2D eigenvalue weighted by Gasteiger charge is 2.34. The minimum atomic E-state index is -0.939. The molecule has 1 aromatic rings. The van der Waals surface area contributed by atoms with Crippen LogP contribution in [0.15, 0.2) is 24.3 Å². The predicted octanol–water partition coefficient (Wildman–Crippen LogP) is 2.65. The molecule has 1 N–H and O–H groups in total. The number of likely N-dealkylation sites (tertiary alicyclic amines) is 1. The molecule has 1 amide bonds. The molecule has 5 heteroatoms. The molecule has 2 atom stereocenters. The minimum absolute atomic E-state index is 0.114. The van der Waals surface area contributed by atoms with Crippen molar-refractivity contribution in [3.05, 3.63) is 29.8 Å². The summed E-state index contributed by atoms with van der Waals surface area (Å²) in [6.45, 7) is 4.60. The number of carbonyl (C=O) groups excluding carboxylic acids is 1. The van der Waals surface area contributed by atoms with E-state index < -0.39 is 12.0 Å². The maximum atomic E-state index is 12.2. The van der Waals surface area contributed by atoms with E-state index in [0.717, 1.165) is 18.4 Å². The van der Waals surface area contributed by atoms with E-state index in [-0.39, 0.29) is 12.5 Å². The lowest BCUT2D eigenvalue weighted by Gasteiger charge is -2.22. The lowest BCUT2D eigenvalue weighted by atomic mass is 9.98. The zero-order valence-corrected chi connectivity index (χ0v) is 13.1. The van der Waals surface area contributed by atoms with Crippen LogP contribution in [0.5, 0.6) is 5.75 Å². The Morgan fingerprint density at radius 3 is 2.82 bits per heavy atom. The van der Waals surface area contributed by atoms with Gasteiger partial charge in [-0.05, 0) is 36.8 Å². The van der Waals surface area contributed by atoms with Crippen LogP contribution in [-0.4, -0.2) is 41.1 Å². The number of para-hydroxylation sites is 1. The molecule has 120 valence electrons. The van der Waals surface area contributed by atoms with Crippen molar-refractivity contribution in [1.29, 1.82) is 0 Å². The largest absolute Gasteiger partial charge is 0.483 e. The molecule has 1 heterocycles. The second-order valence-corrected chi connectivity index (χ2v) is 5.72. The Kier molecular flexibility index (Phi) is 5.41. The molecular formula is C17H23NO4. The summed E-state index contributed by atoms with van der Waals surface area (Å²) < 4.78 is 5.68. The van der Waals surface area contributed by atoms with E-state index in [0.29, 0.717) is 24.6 Å². The van der Waals surface area contributed by atoms with E-state index >= 15 is 0 Å². The fourth-order valence-electron chi connectivity index (χ4n) is 2.78. The molecule has 1 aliphatic heterocycles. The Morgan fingerprint density at radius 1 is 1.41 bits per heavy atom. The summed E-state index contributed by atoms with van der Waals surface area (Å²) >= 11 is 0. The van der Waals surface area contributed by atoms with Gasteiger partial charge in [0.25, 0.3) is 5.91 Å². The van der Waals surface area contributed by atoms with Crippen LogP contribution in [0.4, 0.5) is 0 Å². The number of ether oxygens (including phenoxy) is 1. The number of amides is 1. The number of aliphatic carboxylic acids is 1. The topological polar surface area (TPSA) is 66.8 Å². The van der Waals surface area contributed by atoms with E-state index in [1.54, 1.807) is 0 Å². The number of carboxylic acids is 1. The molecule has 1 fully saturated rings. The molecule has 1 saturated heterocycles. The molecule has 0 aliphatic carbocycles. The summed E-state index contributed by atoms with van der Waals surface area (Å²) in [4.78, 5) is 24.8. The van der Waals surface area contributed by atoms with Gasteiger partial charge in [0.05, 0.1) is 0 Å². The fraction of sp³-hybridized carbons (Fsp3) is 0.529. The van der Waals surface area contributed by atoms with Crippen LogP contribution in [0, 0.1) is 0 Å². The lowest BCUT2D eigenvalue weighted by Crippen LogP contribution is -2.42. The Bertz CT molecular complexity index is 543. The van der Waals surface area contributed by atoms with Crippen LogP contribution in [0.1, 0.15) is 44.6 Å². The molecule has 0 aromatic heterocycles. The van der Waals surface area contributed by atoms with E-state index in [9.17, 15) is 9.59 Å². The molecule has 1 aliphatic rings. The Hall–Kier alpha value is -2.04. The Labute approximate surface area is 130 Å². The first kappa shape index (κ1) is 16.3. The summed E-state index contributed by atoms with van der Waals surface area (Å²) in [6, 6.07) is 6.98. The number of hydrogen-bond acceptors (Lipinski definition) is 3. The first-order valence-corrected chi connectivity index (χ1v) is 7.78. The number of rotatable bonds is 6. The molecule has 0 saturated carbocycles. The summed E-state index contributed by atoms with van der Waals surface area (Å²) in [5.74, 6) is -0.143. The monoisotopic (exact) mass is 305 g/mol. The van der Waals surface area contributed by atoms with E-state index in [1.165, 1.54) is 4.90 Å². The highest BCUT2D eigenvalue weighted by molar-refractivity contribution is 5.85. The first-order valence-electron chi connectivity index (χ1n) is 7.78. The SMILES string of the molecule is CCC(C)c1ccccc1OCC(=O)N1CCCC1C(=O)O. The smallest absolute Gasteiger partial charge is 0.326 e. The molecule has 1 aromatic carbocycles. The quantitative estimate of drug-likeness (QED) is 0.877. The third-order valence-corrected chi connectivity index (χ3v) is 4.27. The van der Waals surface area contributed by atoms with Crippen LogP contribution < -0.4 is 4.74 Å². The third kappa shape index (κ3) is 3.59. The van der Waals surface area contributed by atoms with Gasteiger partial charge in [0.2, 0.25) is 0 Å². The second-order valence-electron chi connectivity index (χ2n) is 5.72. The van der Waals surface area contributed by atoms with Gasteiger partial charge in [-0.3, -0.25) is 4.79 Å². The van der Waals surface area contributed by atoms with Crippen molar-refractivity contribution < 1.29 is 19.4 Å². The van der Waals surface area contributed by atoms with Gasteiger partial charge in [-0.15, -0.1) is 0 Å². The normalized spacial score (nSPS) is 19.0. The van der Waals surface area contributed by atoms with Gasteiger partial charge >= 0.3 is 5.97 Å². The summed E-state index contributed by atoms with van der Waals surface area (Å²) in [5.41, 5.74) is 1.08. The number of hydrogen-bond donors (Lipinski definition) is 1. The van der Waals surface area contributed by atoms with Crippen molar-refractivity contribution in [3.8, 4) is 5.75 Å². The zero-order chi connectivity index (χ0) is 16.1. The molecule has 0 bridgehead atoms. The van der Waals surface area contributed by atoms with E-state index in [4.69, 9.17) is 9.84 Å². The van der Waals surface area contributed by atoms with Crippen molar-refractivity contribution in [2.45, 2.75) is 45.1 Å². The molecule has 2 unspecified atom stereocenters. The maximum Gasteiger partial charge on any atom is 0.326 e. The van der Waals surface area contributed by atoms with Crippen LogP contribution in [0.2, 0.25) is 0 Å². The molecule has 0 radical (unpaired) electrons. The summed E-state index contributed by atoms with van der Waals surface area (Å²) in [6.07, 6.45) is 2.23. The number of carboxylic acid groups (broad SMARTS) is 1. The lowest BCUT2D eigenvalue weighted by molar-refractivity contribution is -0.148. The van der Waals surface area contributed by atoms with Gasteiger partial charge in [0.1, 0.15) is 11.8 Å². The van der Waals surface area contributed by atoms with Crippen LogP contribution >= 0.6 is 0 Å². The second kappa shape index (κ2) is 7.29. The van der Waals surface area contributed by atoms with E-state index in [1.807, 2.05) is 24.3 Å². The summed E-state index contributed by atoms with van der Waals surface area (Å²) in [5, 5.41) is 9.13. The van der Waals surface area contributed by atoms with Crippen LogP contribution in [0.3, 0.4) is 0 Å². The van der Waals surface area contributed by atoms with Gasteiger partial charge in [0.15, 0.2) is 6.61 Å². The van der Waals surface area contributed by atoms with Crippen molar-refractivity contribution in [1.82, 2.24) is 4.90 Å². The number of nitrogens with zero attached hydrogens (tertiary/aromatic N) is 1. The summed E-state index contributed by atoms with van der Waals surface area (Å²) in [7, 11) is 0. The van der Waals surface area contributed by atoms with Crippen molar-refractivity contribution >= 4 is 11.9 Å². The third-order valence-electron chi connectivity index (χ3n) is 4.27.